The number of amides is 1. The molecule has 5 rings (SSSR count). The van der Waals surface area contributed by atoms with Gasteiger partial charge in [0.25, 0.3) is 5.78 Å². The zero-order chi connectivity index (χ0) is 27.0. The van der Waals surface area contributed by atoms with E-state index in [2.05, 4.69) is 6.92 Å². The molecule has 0 saturated carbocycles. The fourth-order valence-corrected chi connectivity index (χ4v) is 5.97. The molecule has 0 bridgehead atoms. The van der Waals surface area contributed by atoms with Gasteiger partial charge in [0.05, 0.1) is 28.4 Å². The number of hydrogen-bond acceptors (Lipinski definition) is 6. The van der Waals surface area contributed by atoms with Gasteiger partial charge in [0.15, 0.2) is 5.13 Å². The molecule has 6 nitrogen and oxygen atoms in total. The van der Waals surface area contributed by atoms with Crippen molar-refractivity contribution in [2.24, 2.45) is 0 Å². The van der Waals surface area contributed by atoms with Crippen LogP contribution in [0, 0.1) is 13.8 Å². The fraction of sp³-hybridized carbons (Fsp3) is 0.233. The first-order chi connectivity index (χ1) is 18.3. The van der Waals surface area contributed by atoms with Crippen LogP contribution in [0.2, 0.25) is 5.02 Å². The number of carbonyl (C=O) groups excluding carboxylic acids is 2. The van der Waals surface area contributed by atoms with Gasteiger partial charge < -0.3 is 9.84 Å². The minimum Gasteiger partial charge on any atom is -0.507 e. The number of aromatic nitrogens is 1. The van der Waals surface area contributed by atoms with E-state index in [-0.39, 0.29) is 11.3 Å². The standard InChI is InChI=1S/C30H27ClN2O4S/c1-4-5-13-37-22-8-6-7-20(16-22)26-24(27(34)19-9-11-21(31)12-10-19)28(35)29(36)33(26)30-32-25-18(3)14-17(2)15-23(25)38-30/h6-12,14-16,26,34H,4-5,13H2,1-3H3. The summed E-state index contributed by atoms with van der Waals surface area (Å²) in [6, 6.07) is 17.0. The lowest BCUT2D eigenvalue weighted by Gasteiger charge is -2.23. The Labute approximate surface area is 230 Å². The number of hydrogen-bond donors (Lipinski definition) is 1. The van der Waals surface area contributed by atoms with Crippen LogP contribution in [-0.2, 0) is 9.59 Å². The maximum Gasteiger partial charge on any atom is 0.301 e. The van der Waals surface area contributed by atoms with Crippen LogP contribution in [0.15, 0.2) is 66.2 Å². The van der Waals surface area contributed by atoms with Crippen molar-refractivity contribution in [1.82, 2.24) is 4.98 Å². The van der Waals surface area contributed by atoms with Gasteiger partial charge in [-0.25, -0.2) is 4.98 Å². The van der Waals surface area contributed by atoms with Gasteiger partial charge in [-0.3, -0.25) is 14.5 Å². The average molecular weight is 547 g/mol. The Morgan fingerprint density at radius 3 is 2.61 bits per heavy atom. The molecule has 2 heterocycles. The van der Waals surface area contributed by atoms with Crippen LogP contribution >= 0.6 is 22.9 Å². The number of Topliss-reactive ketones (excluding diaryl/α,β-unsaturated/α-hetero) is 1. The minimum atomic E-state index is -0.887. The topological polar surface area (TPSA) is 79.7 Å². The van der Waals surface area contributed by atoms with Crippen molar-refractivity contribution in [3.63, 3.8) is 0 Å². The summed E-state index contributed by atoms with van der Waals surface area (Å²) in [5.74, 6) is -1.15. The number of aliphatic hydroxyl groups excluding tert-OH is 1. The SMILES string of the molecule is CCCCOc1cccc(C2C(=C(O)c3ccc(Cl)cc3)C(=O)C(=O)N2c2nc3c(C)cc(C)cc3s2)c1. The molecule has 1 atom stereocenters. The molecule has 38 heavy (non-hydrogen) atoms. The summed E-state index contributed by atoms with van der Waals surface area (Å²) in [4.78, 5) is 33.2. The third kappa shape index (κ3) is 4.79. The van der Waals surface area contributed by atoms with E-state index in [1.807, 2.05) is 50.2 Å². The van der Waals surface area contributed by atoms with Gasteiger partial charge in [-0.15, -0.1) is 0 Å². The zero-order valence-corrected chi connectivity index (χ0v) is 22.9. The first-order valence-electron chi connectivity index (χ1n) is 12.5. The van der Waals surface area contributed by atoms with Crippen molar-refractivity contribution in [3.8, 4) is 5.75 Å². The van der Waals surface area contributed by atoms with Crippen molar-refractivity contribution in [3.05, 3.63) is 93.5 Å². The molecule has 3 aromatic carbocycles. The predicted molar refractivity (Wildman–Crippen MR) is 152 cm³/mol. The molecule has 1 aromatic heterocycles. The number of carbonyl (C=O) groups is 2. The normalized spacial score (nSPS) is 16.9. The summed E-state index contributed by atoms with van der Waals surface area (Å²) in [6.07, 6.45) is 1.90. The number of rotatable bonds is 7. The Morgan fingerprint density at radius 2 is 1.87 bits per heavy atom. The number of ether oxygens (including phenoxy) is 1. The highest BCUT2D eigenvalue weighted by Crippen LogP contribution is 2.45. The van der Waals surface area contributed by atoms with Gasteiger partial charge >= 0.3 is 5.91 Å². The Balaban J connectivity index is 1.69. The largest absolute Gasteiger partial charge is 0.507 e. The van der Waals surface area contributed by atoms with Gasteiger partial charge in [0, 0.05) is 10.6 Å². The van der Waals surface area contributed by atoms with E-state index in [1.165, 1.54) is 16.2 Å². The summed E-state index contributed by atoms with van der Waals surface area (Å²) < 4.78 is 6.84. The number of fused-ring (bicyclic) bond motifs is 1. The number of anilines is 1. The number of aryl methyl sites for hydroxylation is 2. The number of halogens is 1. The number of thiazole rings is 1. The van der Waals surface area contributed by atoms with E-state index < -0.39 is 17.7 Å². The first kappa shape index (κ1) is 25.9. The maximum atomic E-state index is 13.6. The van der Waals surface area contributed by atoms with Crippen LogP contribution < -0.4 is 9.64 Å². The van der Waals surface area contributed by atoms with Crippen molar-refractivity contribution < 1.29 is 19.4 Å². The van der Waals surface area contributed by atoms with Gasteiger partial charge in [0.1, 0.15) is 11.5 Å². The number of unbranched alkanes of at least 4 members (excludes halogenated alkanes) is 1. The second-order valence-electron chi connectivity index (χ2n) is 9.38. The highest BCUT2D eigenvalue weighted by molar-refractivity contribution is 7.22. The quantitative estimate of drug-likeness (QED) is 0.113. The van der Waals surface area contributed by atoms with Crippen molar-refractivity contribution in [2.75, 3.05) is 11.5 Å². The van der Waals surface area contributed by atoms with Crippen LogP contribution in [0.3, 0.4) is 0 Å². The molecule has 1 N–H and O–H groups in total. The third-order valence-corrected chi connectivity index (χ3v) is 7.78. The molecule has 194 valence electrons. The monoisotopic (exact) mass is 546 g/mol. The second-order valence-corrected chi connectivity index (χ2v) is 10.8. The summed E-state index contributed by atoms with van der Waals surface area (Å²) in [5.41, 5.74) is 3.89. The third-order valence-electron chi connectivity index (χ3n) is 6.53. The number of ketones is 1. The first-order valence-corrected chi connectivity index (χ1v) is 13.7. The zero-order valence-electron chi connectivity index (χ0n) is 21.3. The number of aliphatic hydroxyl groups is 1. The molecular weight excluding hydrogens is 520 g/mol. The molecule has 8 heteroatoms. The molecule has 1 aliphatic rings. The summed E-state index contributed by atoms with van der Waals surface area (Å²) in [5, 5.41) is 12.2. The van der Waals surface area contributed by atoms with E-state index in [0.29, 0.717) is 33.6 Å². The molecule has 1 amide bonds. The maximum absolute atomic E-state index is 13.6. The molecule has 1 saturated heterocycles. The highest BCUT2D eigenvalue weighted by Gasteiger charge is 2.48. The molecule has 1 fully saturated rings. The molecule has 4 aromatic rings. The van der Waals surface area contributed by atoms with E-state index in [9.17, 15) is 14.7 Å². The van der Waals surface area contributed by atoms with Crippen LogP contribution in [0.25, 0.3) is 16.0 Å². The average Bonchev–Trinajstić information content (AvgIpc) is 3.43. The Kier molecular flexibility index (Phi) is 7.23. The molecule has 1 aliphatic heterocycles. The van der Waals surface area contributed by atoms with Gasteiger partial charge in [-0.05, 0) is 79.4 Å². The lowest BCUT2D eigenvalue weighted by Crippen LogP contribution is -2.29. The molecule has 1 unspecified atom stereocenters. The molecule has 0 aliphatic carbocycles. The lowest BCUT2D eigenvalue weighted by molar-refractivity contribution is -0.132. The Morgan fingerprint density at radius 1 is 1.11 bits per heavy atom. The summed E-state index contributed by atoms with van der Waals surface area (Å²) in [6.45, 7) is 6.63. The smallest absolute Gasteiger partial charge is 0.301 e. The van der Waals surface area contributed by atoms with Crippen molar-refractivity contribution >= 4 is 55.7 Å². The molecule has 0 radical (unpaired) electrons. The minimum absolute atomic E-state index is 0.00445. The van der Waals surface area contributed by atoms with Crippen LogP contribution in [0.4, 0.5) is 5.13 Å². The molecular formula is C30H27ClN2O4S. The second kappa shape index (κ2) is 10.6. The summed E-state index contributed by atoms with van der Waals surface area (Å²) in [7, 11) is 0. The number of nitrogens with zero attached hydrogens (tertiary/aromatic N) is 2. The van der Waals surface area contributed by atoms with Gasteiger partial charge in [-0.2, -0.15) is 0 Å². The van der Waals surface area contributed by atoms with Crippen LogP contribution in [0.1, 0.15) is 48.1 Å². The Bertz CT molecular complexity index is 1580. The van der Waals surface area contributed by atoms with E-state index in [1.54, 1.807) is 24.3 Å². The molecule has 0 spiro atoms. The number of benzene rings is 3. The van der Waals surface area contributed by atoms with Gasteiger partial charge in [0.2, 0.25) is 0 Å². The van der Waals surface area contributed by atoms with Crippen molar-refractivity contribution in [1.29, 1.82) is 0 Å². The predicted octanol–water partition coefficient (Wildman–Crippen LogP) is 7.37. The van der Waals surface area contributed by atoms with E-state index >= 15 is 0 Å². The van der Waals surface area contributed by atoms with E-state index in [4.69, 9.17) is 21.3 Å². The Hall–Kier alpha value is -3.68. The fourth-order valence-electron chi connectivity index (χ4n) is 4.68. The van der Waals surface area contributed by atoms with Crippen molar-refractivity contribution in [2.45, 2.75) is 39.7 Å². The van der Waals surface area contributed by atoms with Gasteiger partial charge in [-0.1, -0.05) is 54.5 Å². The summed E-state index contributed by atoms with van der Waals surface area (Å²) >= 11 is 7.39. The lowest BCUT2D eigenvalue weighted by atomic mass is 9.95. The van der Waals surface area contributed by atoms with E-state index in [0.717, 1.165) is 34.2 Å². The highest BCUT2D eigenvalue weighted by atomic mass is 35.5. The van der Waals surface area contributed by atoms with Crippen LogP contribution in [0.5, 0.6) is 5.75 Å². The van der Waals surface area contributed by atoms with Crippen LogP contribution in [-0.4, -0.2) is 28.4 Å².